The molecule has 160 valence electrons. The summed E-state index contributed by atoms with van der Waals surface area (Å²) >= 11 is 0. The Hall–Kier alpha value is -3.03. The van der Waals surface area contributed by atoms with Crippen molar-refractivity contribution in [2.45, 2.75) is 25.4 Å². The molecule has 0 atom stereocenters. The molecule has 1 heterocycles. The van der Waals surface area contributed by atoms with Crippen LogP contribution in [0.25, 0.3) is 0 Å². The van der Waals surface area contributed by atoms with Crippen LogP contribution in [0.2, 0.25) is 0 Å². The fraction of sp³-hybridized carbons (Fsp3) is 0.364. The van der Waals surface area contributed by atoms with Gasteiger partial charge in [-0.3, -0.25) is 0 Å². The molecule has 2 amide bonds. The number of nitrogens with zero attached hydrogens (tertiary/aromatic N) is 1. The lowest BCUT2D eigenvalue weighted by atomic mass is 9.90. The number of nitrogens with one attached hydrogen (secondary N) is 1. The van der Waals surface area contributed by atoms with Crippen LogP contribution in [0.3, 0.4) is 0 Å². The molecule has 1 aliphatic rings. The van der Waals surface area contributed by atoms with Crippen molar-refractivity contribution in [3.8, 4) is 0 Å². The quantitative estimate of drug-likeness (QED) is 0.710. The van der Waals surface area contributed by atoms with E-state index >= 15 is 0 Å². The topological polar surface area (TPSA) is 58.6 Å². The Kier molecular flexibility index (Phi) is 6.64. The minimum absolute atomic E-state index is 0.283. The number of esters is 1. The van der Waals surface area contributed by atoms with Gasteiger partial charge in [0, 0.05) is 13.1 Å². The number of piperidine rings is 1. The van der Waals surface area contributed by atoms with Crippen LogP contribution < -0.4 is 5.32 Å². The molecule has 1 fully saturated rings. The molecule has 30 heavy (non-hydrogen) atoms. The van der Waals surface area contributed by atoms with Gasteiger partial charge in [-0.2, -0.15) is 13.2 Å². The number of carbonyl (C=O) groups is 2. The van der Waals surface area contributed by atoms with Gasteiger partial charge in [-0.1, -0.05) is 24.3 Å². The van der Waals surface area contributed by atoms with Gasteiger partial charge < -0.3 is 15.0 Å². The monoisotopic (exact) mass is 420 g/mol. The summed E-state index contributed by atoms with van der Waals surface area (Å²) in [6.07, 6.45) is -2.14. The first-order valence-corrected chi connectivity index (χ1v) is 9.67. The second-order valence-electron chi connectivity index (χ2n) is 7.30. The van der Waals surface area contributed by atoms with Gasteiger partial charge in [-0.05, 0) is 55.0 Å². The largest absolute Gasteiger partial charge is 0.465 e. The second kappa shape index (κ2) is 9.19. The first-order chi connectivity index (χ1) is 14.3. The average Bonchev–Trinajstić information content (AvgIpc) is 2.74. The average molecular weight is 420 g/mol. The van der Waals surface area contributed by atoms with E-state index in [1.54, 1.807) is 29.2 Å². The summed E-state index contributed by atoms with van der Waals surface area (Å²) in [5.74, 6) is -0.228. The van der Waals surface area contributed by atoms with Crippen molar-refractivity contribution in [2.75, 3.05) is 25.5 Å². The molecule has 2 aromatic rings. The first-order valence-electron chi connectivity index (χ1n) is 9.67. The molecular weight excluding hydrogens is 397 g/mol. The number of para-hydroxylation sites is 1. The molecule has 5 nitrogen and oxygen atoms in total. The van der Waals surface area contributed by atoms with E-state index in [1.807, 2.05) is 0 Å². The fourth-order valence-electron chi connectivity index (χ4n) is 3.58. The molecule has 1 saturated heterocycles. The molecule has 3 rings (SSSR count). The second-order valence-corrected chi connectivity index (χ2v) is 7.30. The standard InChI is InChI=1S/C22H23F3N2O3/c1-30-20(28)18-4-2-3-5-19(18)26-21(29)27-12-10-16(11-13-27)14-15-6-8-17(9-7-15)22(23,24)25/h2-9,16H,10-14H2,1H3,(H,26,29). The summed E-state index contributed by atoms with van der Waals surface area (Å²) in [5, 5.41) is 2.76. The van der Waals surface area contributed by atoms with E-state index in [2.05, 4.69) is 5.32 Å². The van der Waals surface area contributed by atoms with E-state index in [0.717, 1.165) is 30.5 Å². The molecule has 0 bridgehead atoms. The molecular formula is C22H23F3N2O3. The van der Waals surface area contributed by atoms with Crippen molar-refractivity contribution >= 4 is 17.7 Å². The molecule has 0 spiro atoms. The van der Waals surface area contributed by atoms with Crippen molar-refractivity contribution in [1.29, 1.82) is 0 Å². The van der Waals surface area contributed by atoms with Gasteiger partial charge in [0.15, 0.2) is 0 Å². The van der Waals surface area contributed by atoms with Gasteiger partial charge in [-0.25, -0.2) is 9.59 Å². The number of hydrogen-bond donors (Lipinski definition) is 1. The maximum Gasteiger partial charge on any atom is 0.416 e. The minimum Gasteiger partial charge on any atom is -0.465 e. The van der Waals surface area contributed by atoms with Crippen molar-refractivity contribution in [1.82, 2.24) is 4.90 Å². The molecule has 2 aromatic carbocycles. The number of halogens is 3. The Morgan fingerprint density at radius 3 is 2.30 bits per heavy atom. The van der Waals surface area contributed by atoms with Gasteiger partial charge in [-0.15, -0.1) is 0 Å². The van der Waals surface area contributed by atoms with Crippen LogP contribution in [0.4, 0.5) is 23.7 Å². The maximum atomic E-state index is 12.7. The van der Waals surface area contributed by atoms with E-state index < -0.39 is 17.7 Å². The van der Waals surface area contributed by atoms with Gasteiger partial charge in [0.2, 0.25) is 0 Å². The third-order valence-electron chi connectivity index (χ3n) is 5.28. The third kappa shape index (κ3) is 5.31. The number of anilines is 1. The number of likely N-dealkylation sites (tertiary alicyclic amines) is 1. The van der Waals surface area contributed by atoms with Crippen LogP contribution in [-0.2, 0) is 17.3 Å². The highest BCUT2D eigenvalue weighted by molar-refractivity contribution is 6.00. The summed E-state index contributed by atoms with van der Waals surface area (Å²) in [4.78, 5) is 26.1. The number of ether oxygens (including phenoxy) is 1. The molecule has 0 aliphatic carbocycles. The van der Waals surface area contributed by atoms with Crippen LogP contribution in [0.15, 0.2) is 48.5 Å². The Labute approximate surface area is 172 Å². The van der Waals surface area contributed by atoms with Crippen LogP contribution in [-0.4, -0.2) is 37.1 Å². The van der Waals surface area contributed by atoms with Gasteiger partial charge in [0.1, 0.15) is 0 Å². The van der Waals surface area contributed by atoms with Crippen molar-refractivity contribution in [2.24, 2.45) is 5.92 Å². The highest BCUT2D eigenvalue weighted by Crippen LogP contribution is 2.30. The first kappa shape index (κ1) is 21.7. The van der Waals surface area contributed by atoms with Gasteiger partial charge >= 0.3 is 18.2 Å². The summed E-state index contributed by atoms with van der Waals surface area (Å²) < 4.78 is 42.8. The number of benzene rings is 2. The summed E-state index contributed by atoms with van der Waals surface area (Å²) in [7, 11) is 1.28. The van der Waals surface area contributed by atoms with Crippen molar-refractivity contribution < 1.29 is 27.5 Å². The molecule has 0 radical (unpaired) electrons. The van der Waals surface area contributed by atoms with Crippen molar-refractivity contribution in [3.05, 3.63) is 65.2 Å². The number of urea groups is 1. The van der Waals surface area contributed by atoms with Gasteiger partial charge in [0.25, 0.3) is 0 Å². The SMILES string of the molecule is COC(=O)c1ccccc1NC(=O)N1CCC(Cc2ccc(C(F)(F)F)cc2)CC1. The number of hydrogen-bond acceptors (Lipinski definition) is 3. The molecule has 8 heteroatoms. The van der Waals surface area contributed by atoms with Crippen LogP contribution in [0.5, 0.6) is 0 Å². The Balaban J connectivity index is 1.53. The molecule has 0 aromatic heterocycles. The third-order valence-corrected chi connectivity index (χ3v) is 5.28. The number of alkyl halides is 3. The maximum absolute atomic E-state index is 12.7. The summed E-state index contributed by atoms with van der Waals surface area (Å²) in [6, 6.07) is 11.6. The zero-order valence-corrected chi connectivity index (χ0v) is 16.5. The number of carbonyl (C=O) groups excluding carboxylic acids is 2. The fourth-order valence-corrected chi connectivity index (χ4v) is 3.58. The lowest BCUT2D eigenvalue weighted by Crippen LogP contribution is -2.41. The Morgan fingerprint density at radius 2 is 1.70 bits per heavy atom. The van der Waals surface area contributed by atoms with Gasteiger partial charge in [0.05, 0.1) is 23.9 Å². The normalized spacial score (nSPS) is 15.0. The number of methoxy groups -OCH3 is 1. The van der Waals surface area contributed by atoms with E-state index in [-0.39, 0.29) is 11.6 Å². The molecule has 1 aliphatic heterocycles. The van der Waals surface area contributed by atoms with Crippen LogP contribution in [0.1, 0.15) is 34.3 Å². The lowest BCUT2D eigenvalue weighted by Gasteiger charge is -2.32. The zero-order valence-electron chi connectivity index (χ0n) is 16.5. The lowest BCUT2D eigenvalue weighted by molar-refractivity contribution is -0.137. The zero-order chi connectivity index (χ0) is 21.7. The smallest absolute Gasteiger partial charge is 0.416 e. The summed E-state index contributed by atoms with van der Waals surface area (Å²) in [5.41, 5.74) is 0.884. The predicted octanol–water partition coefficient (Wildman–Crippen LogP) is 4.98. The highest BCUT2D eigenvalue weighted by atomic mass is 19.4. The van der Waals surface area contributed by atoms with Crippen LogP contribution in [0, 0.1) is 5.92 Å². The van der Waals surface area contributed by atoms with E-state index in [4.69, 9.17) is 4.74 Å². The van der Waals surface area contributed by atoms with E-state index in [1.165, 1.54) is 19.2 Å². The number of rotatable bonds is 4. The Bertz CT molecular complexity index is 889. The Morgan fingerprint density at radius 1 is 1.07 bits per heavy atom. The summed E-state index contributed by atoms with van der Waals surface area (Å²) in [6.45, 7) is 1.08. The van der Waals surface area contributed by atoms with E-state index in [0.29, 0.717) is 31.1 Å². The molecule has 1 N–H and O–H groups in total. The minimum atomic E-state index is -4.33. The van der Waals surface area contributed by atoms with Crippen LogP contribution >= 0.6 is 0 Å². The van der Waals surface area contributed by atoms with E-state index in [9.17, 15) is 22.8 Å². The molecule has 0 saturated carbocycles. The van der Waals surface area contributed by atoms with Crippen molar-refractivity contribution in [3.63, 3.8) is 0 Å². The number of amides is 2. The predicted molar refractivity (Wildman–Crippen MR) is 106 cm³/mol. The highest BCUT2D eigenvalue weighted by Gasteiger charge is 2.30. The molecule has 0 unspecified atom stereocenters.